The van der Waals surface area contributed by atoms with Gasteiger partial charge in [0.15, 0.2) is 9.84 Å². The molecule has 0 aliphatic carbocycles. The van der Waals surface area contributed by atoms with Gasteiger partial charge in [-0.15, -0.1) is 0 Å². The number of benzene rings is 2. The van der Waals surface area contributed by atoms with Crippen molar-refractivity contribution < 1.29 is 26.9 Å². The minimum atomic E-state index is -3.29. The molecule has 0 fully saturated rings. The Labute approximate surface area is 192 Å². The van der Waals surface area contributed by atoms with Gasteiger partial charge in [-0.1, -0.05) is 11.2 Å². The summed E-state index contributed by atoms with van der Waals surface area (Å²) in [5, 5.41) is 3.89. The normalized spacial score (nSPS) is 11.4. The fourth-order valence-electron chi connectivity index (χ4n) is 3.07. The number of carbonyl (C=O) groups excluding carboxylic acids is 1. The topological polar surface area (TPSA) is 103 Å². The van der Waals surface area contributed by atoms with Crippen molar-refractivity contribution in [2.45, 2.75) is 30.6 Å². The van der Waals surface area contributed by atoms with Gasteiger partial charge in [-0.2, -0.15) is 4.98 Å². The van der Waals surface area contributed by atoms with E-state index in [0.717, 1.165) is 6.26 Å². The van der Waals surface area contributed by atoms with Crippen molar-refractivity contribution in [2.75, 3.05) is 26.5 Å². The van der Waals surface area contributed by atoms with Gasteiger partial charge in [-0.05, 0) is 55.3 Å². The summed E-state index contributed by atoms with van der Waals surface area (Å²) < 4.78 is 47.0. The van der Waals surface area contributed by atoms with Gasteiger partial charge in [-0.25, -0.2) is 12.8 Å². The predicted molar refractivity (Wildman–Crippen MR) is 120 cm³/mol. The van der Waals surface area contributed by atoms with Crippen LogP contribution >= 0.6 is 0 Å². The van der Waals surface area contributed by atoms with E-state index in [1.807, 2.05) is 0 Å². The lowest BCUT2D eigenvalue weighted by Gasteiger charge is -2.17. The van der Waals surface area contributed by atoms with Crippen molar-refractivity contribution in [1.82, 2.24) is 15.0 Å². The number of carbonyl (C=O) groups is 1. The lowest BCUT2D eigenvalue weighted by Crippen LogP contribution is -2.28. The minimum absolute atomic E-state index is 0.00709. The summed E-state index contributed by atoms with van der Waals surface area (Å²) in [6, 6.07) is 12.2. The quantitative estimate of drug-likeness (QED) is 0.391. The van der Waals surface area contributed by atoms with E-state index in [0.29, 0.717) is 61.9 Å². The van der Waals surface area contributed by atoms with Crippen molar-refractivity contribution in [2.24, 2.45) is 0 Å². The molecule has 0 N–H and O–H groups in total. The molecule has 0 bridgehead atoms. The van der Waals surface area contributed by atoms with Crippen LogP contribution in [0.5, 0.6) is 5.75 Å². The van der Waals surface area contributed by atoms with Crippen LogP contribution in [-0.2, 0) is 21.1 Å². The molecule has 33 heavy (non-hydrogen) atoms. The van der Waals surface area contributed by atoms with E-state index in [2.05, 4.69) is 10.1 Å². The van der Waals surface area contributed by atoms with Crippen LogP contribution in [0, 0.1) is 5.82 Å². The third-order valence-electron chi connectivity index (χ3n) is 4.92. The minimum Gasteiger partial charge on any atom is -0.493 e. The number of aryl methyl sites for hydroxylation is 1. The Morgan fingerprint density at radius 1 is 1.15 bits per heavy atom. The number of halogens is 1. The summed E-state index contributed by atoms with van der Waals surface area (Å²) >= 11 is 0. The third kappa shape index (κ3) is 7.38. The van der Waals surface area contributed by atoms with E-state index >= 15 is 0 Å². The SMILES string of the molecule is CN(CCCOc1cccc(S(C)(=O)=O)c1)C(=O)CCCc1nc(-c2ccc(F)cc2)no1. The first-order chi connectivity index (χ1) is 15.7. The Morgan fingerprint density at radius 2 is 1.91 bits per heavy atom. The summed E-state index contributed by atoms with van der Waals surface area (Å²) in [6.45, 7) is 0.874. The molecule has 10 heteroatoms. The number of aromatic nitrogens is 2. The average Bonchev–Trinajstić information content (AvgIpc) is 3.25. The highest BCUT2D eigenvalue weighted by molar-refractivity contribution is 7.90. The number of sulfone groups is 1. The molecule has 0 aliphatic rings. The first-order valence-corrected chi connectivity index (χ1v) is 12.4. The maximum absolute atomic E-state index is 13.0. The largest absolute Gasteiger partial charge is 0.493 e. The summed E-state index contributed by atoms with van der Waals surface area (Å²) in [5.41, 5.74) is 0.660. The van der Waals surface area contributed by atoms with E-state index in [4.69, 9.17) is 9.26 Å². The van der Waals surface area contributed by atoms with E-state index in [-0.39, 0.29) is 16.6 Å². The molecular weight excluding hydrogens is 449 g/mol. The molecule has 1 heterocycles. The molecular formula is C23H26FN3O5S. The number of ether oxygens (including phenoxy) is 1. The maximum atomic E-state index is 13.0. The molecule has 8 nitrogen and oxygen atoms in total. The highest BCUT2D eigenvalue weighted by Gasteiger charge is 2.12. The van der Waals surface area contributed by atoms with E-state index in [1.165, 1.54) is 24.3 Å². The molecule has 0 saturated heterocycles. The molecule has 2 aromatic carbocycles. The van der Waals surface area contributed by atoms with Crippen LogP contribution in [0.25, 0.3) is 11.4 Å². The summed E-state index contributed by atoms with van der Waals surface area (Å²) in [7, 11) is -1.56. The first kappa shape index (κ1) is 24.4. The Morgan fingerprint density at radius 3 is 2.64 bits per heavy atom. The first-order valence-electron chi connectivity index (χ1n) is 10.5. The molecule has 0 saturated carbocycles. The molecule has 1 amide bonds. The zero-order chi connectivity index (χ0) is 23.8. The molecule has 0 spiro atoms. The third-order valence-corrected chi connectivity index (χ3v) is 6.03. The van der Waals surface area contributed by atoms with Crippen LogP contribution in [-0.4, -0.2) is 55.8 Å². The van der Waals surface area contributed by atoms with Crippen LogP contribution < -0.4 is 4.74 Å². The maximum Gasteiger partial charge on any atom is 0.226 e. The fraction of sp³-hybridized carbons (Fsp3) is 0.348. The fourth-order valence-corrected chi connectivity index (χ4v) is 3.72. The van der Waals surface area contributed by atoms with Gasteiger partial charge in [0.2, 0.25) is 17.6 Å². The Balaban J connectivity index is 1.36. The molecule has 0 radical (unpaired) electrons. The highest BCUT2D eigenvalue weighted by Crippen LogP contribution is 2.18. The summed E-state index contributed by atoms with van der Waals surface area (Å²) in [5.74, 6) is 0.946. The summed E-state index contributed by atoms with van der Waals surface area (Å²) in [4.78, 5) is 18.5. The average molecular weight is 476 g/mol. The van der Waals surface area contributed by atoms with Gasteiger partial charge in [0, 0.05) is 38.3 Å². The van der Waals surface area contributed by atoms with Crippen LogP contribution in [0.1, 0.15) is 25.2 Å². The van der Waals surface area contributed by atoms with Crippen LogP contribution in [0.4, 0.5) is 4.39 Å². The zero-order valence-corrected chi connectivity index (χ0v) is 19.3. The standard InChI is InChI=1S/C23H26FN3O5S/c1-27(14-5-15-31-19-6-3-7-20(16-19)33(2,29)30)22(28)9-4-8-21-25-23(26-32-21)17-10-12-18(24)13-11-17/h3,6-7,10-13,16H,4-5,8-9,14-15H2,1-2H3. The van der Waals surface area contributed by atoms with Gasteiger partial charge < -0.3 is 14.2 Å². The van der Waals surface area contributed by atoms with E-state index in [1.54, 1.807) is 36.2 Å². The smallest absolute Gasteiger partial charge is 0.226 e. The second-order valence-electron chi connectivity index (χ2n) is 7.64. The Hall–Kier alpha value is -3.27. The highest BCUT2D eigenvalue weighted by atomic mass is 32.2. The number of amides is 1. The molecule has 3 rings (SSSR count). The van der Waals surface area contributed by atoms with Crippen molar-refractivity contribution in [3.8, 4) is 17.1 Å². The number of hydrogen-bond acceptors (Lipinski definition) is 7. The lowest BCUT2D eigenvalue weighted by atomic mass is 10.2. The molecule has 0 unspecified atom stereocenters. The van der Waals surface area contributed by atoms with Crippen molar-refractivity contribution in [3.05, 3.63) is 60.2 Å². The van der Waals surface area contributed by atoms with E-state index < -0.39 is 9.84 Å². The molecule has 0 aliphatic heterocycles. The predicted octanol–water partition coefficient (Wildman–Crippen LogP) is 3.53. The van der Waals surface area contributed by atoms with Gasteiger partial charge >= 0.3 is 0 Å². The van der Waals surface area contributed by atoms with Crippen molar-refractivity contribution in [1.29, 1.82) is 0 Å². The van der Waals surface area contributed by atoms with Gasteiger partial charge in [0.25, 0.3) is 0 Å². The summed E-state index contributed by atoms with van der Waals surface area (Å²) in [6.07, 6.45) is 3.12. The van der Waals surface area contributed by atoms with Gasteiger partial charge in [0.05, 0.1) is 11.5 Å². The number of hydrogen-bond donors (Lipinski definition) is 0. The number of nitrogens with zero attached hydrogens (tertiary/aromatic N) is 3. The van der Waals surface area contributed by atoms with Gasteiger partial charge in [0.1, 0.15) is 11.6 Å². The molecule has 0 atom stereocenters. The zero-order valence-electron chi connectivity index (χ0n) is 18.5. The van der Waals surface area contributed by atoms with Gasteiger partial charge in [-0.3, -0.25) is 4.79 Å². The van der Waals surface area contributed by atoms with Crippen molar-refractivity contribution >= 4 is 15.7 Å². The van der Waals surface area contributed by atoms with E-state index in [9.17, 15) is 17.6 Å². The Kier molecular flexibility index (Phi) is 8.16. The number of rotatable bonds is 11. The molecule has 3 aromatic rings. The monoisotopic (exact) mass is 475 g/mol. The lowest BCUT2D eigenvalue weighted by molar-refractivity contribution is -0.130. The van der Waals surface area contributed by atoms with Crippen molar-refractivity contribution in [3.63, 3.8) is 0 Å². The second-order valence-corrected chi connectivity index (χ2v) is 9.65. The van der Waals surface area contributed by atoms with Crippen LogP contribution in [0.15, 0.2) is 57.9 Å². The molecule has 176 valence electrons. The van der Waals surface area contributed by atoms with Crippen LogP contribution in [0.2, 0.25) is 0 Å². The molecule has 1 aromatic heterocycles. The van der Waals surface area contributed by atoms with Crippen LogP contribution in [0.3, 0.4) is 0 Å². The second kappa shape index (κ2) is 11.0. The Bertz CT molecular complexity index is 1180.